The fourth-order valence-electron chi connectivity index (χ4n) is 2.74. The summed E-state index contributed by atoms with van der Waals surface area (Å²) in [7, 11) is 0. The largest absolute Gasteiger partial charge is 0.348 e. The van der Waals surface area contributed by atoms with Crippen molar-refractivity contribution >= 4 is 11.8 Å². The lowest BCUT2D eigenvalue weighted by Gasteiger charge is -2.09. The molecule has 2 amide bonds. The van der Waals surface area contributed by atoms with E-state index in [2.05, 4.69) is 5.32 Å². The normalized spacial score (nSPS) is 10.4. The quantitative estimate of drug-likeness (QED) is 0.465. The van der Waals surface area contributed by atoms with Crippen molar-refractivity contribution in [2.75, 3.05) is 0 Å². The Labute approximate surface area is 159 Å². The van der Waals surface area contributed by atoms with Crippen LogP contribution in [0.4, 0.5) is 8.78 Å². The Morgan fingerprint density at radius 3 is 1.86 bits per heavy atom. The third-order valence-corrected chi connectivity index (χ3v) is 4.06. The lowest BCUT2D eigenvalue weighted by molar-refractivity contribution is 0.0706. The summed E-state index contributed by atoms with van der Waals surface area (Å²) in [6, 6.07) is 16.3. The van der Waals surface area contributed by atoms with Crippen molar-refractivity contribution in [2.45, 2.75) is 6.54 Å². The molecule has 0 spiro atoms. The van der Waals surface area contributed by atoms with E-state index in [0.717, 1.165) is 18.2 Å². The van der Waals surface area contributed by atoms with Crippen LogP contribution in [-0.4, -0.2) is 17.0 Å². The zero-order valence-corrected chi connectivity index (χ0v) is 14.6. The molecule has 0 aliphatic rings. The molecule has 0 atom stereocenters. The Bertz CT molecular complexity index is 1020. The minimum Gasteiger partial charge on any atom is -0.348 e. The Hall–Kier alpha value is -3.58. The number of hydrogen-bond acceptors (Lipinski definition) is 3. The molecule has 0 fully saturated rings. The number of rotatable bonds is 5. The number of halogens is 2. The average molecular weight is 382 g/mol. The van der Waals surface area contributed by atoms with Crippen molar-refractivity contribution in [1.82, 2.24) is 10.8 Å². The summed E-state index contributed by atoms with van der Waals surface area (Å²) in [6.07, 6.45) is 0. The van der Waals surface area contributed by atoms with Crippen LogP contribution in [0.1, 0.15) is 26.3 Å². The van der Waals surface area contributed by atoms with Crippen molar-refractivity contribution < 1.29 is 23.6 Å². The number of amides is 2. The van der Waals surface area contributed by atoms with Gasteiger partial charge in [-0.25, -0.2) is 14.3 Å². The highest BCUT2D eigenvalue weighted by Gasteiger charge is 2.10. The van der Waals surface area contributed by atoms with Crippen LogP contribution in [0.25, 0.3) is 11.1 Å². The second kappa shape index (κ2) is 8.41. The second-order valence-corrected chi connectivity index (χ2v) is 6.06. The van der Waals surface area contributed by atoms with Gasteiger partial charge in [0, 0.05) is 23.7 Å². The molecule has 3 aromatic carbocycles. The third kappa shape index (κ3) is 4.57. The lowest BCUT2D eigenvalue weighted by atomic mass is 10.0. The zero-order chi connectivity index (χ0) is 20.1. The standard InChI is InChI=1S/C21H16F2N2O3/c22-18-7-13(8-19(23)11-18)12-24-20(26)16-5-1-3-14(9-16)15-4-2-6-17(10-15)21(27)25-28/h1-11,28H,12H2,(H,24,26)(H,25,27). The van der Waals surface area contributed by atoms with Gasteiger partial charge in [-0.15, -0.1) is 0 Å². The molecule has 0 bridgehead atoms. The maximum absolute atomic E-state index is 13.2. The van der Waals surface area contributed by atoms with E-state index >= 15 is 0 Å². The summed E-state index contributed by atoms with van der Waals surface area (Å²) in [5.41, 5.74) is 3.88. The Morgan fingerprint density at radius 2 is 1.32 bits per heavy atom. The van der Waals surface area contributed by atoms with Gasteiger partial charge in [0.25, 0.3) is 11.8 Å². The topological polar surface area (TPSA) is 78.4 Å². The van der Waals surface area contributed by atoms with Crippen LogP contribution >= 0.6 is 0 Å². The van der Waals surface area contributed by atoms with E-state index < -0.39 is 23.4 Å². The van der Waals surface area contributed by atoms with Crippen LogP contribution in [-0.2, 0) is 6.54 Å². The van der Waals surface area contributed by atoms with Crippen LogP contribution < -0.4 is 10.8 Å². The molecule has 0 heterocycles. The second-order valence-electron chi connectivity index (χ2n) is 6.06. The number of nitrogens with one attached hydrogen (secondary N) is 2. The monoisotopic (exact) mass is 382 g/mol. The summed E-state index contributed by atoms with van der Waals surface area (Å²) >= 11 is 0. The van der Waals surface area contributed by atoms with Gasteiger partial charge in [0.2, 0.25) is 0 Å². The smallest absolute Gasteiger partial charge is 0.274 e. The highest BCUT2D eigenvalue weighted by Crippen LogP contribution is 2.22. The molecule has 5 nitrogen and oxygen atoms in total. The molecule has 3 rings (SSSR count). The molecule has 0 unspecified atom stereocenters. The van der Waals surface area contributed by atoms with Gasteiger partial charge in [0.05, 0.1) is 0 Å². The highest BCUT2D eigenvalue weighted by molar-refractivity contribution is 5.96. The minimum absolute atomic E-state index is 0.0239. The Kier molecular flexibility index (Phi) is 5.76. The van der Waals surface area contributed by atoms with Crippen molar-refractivity contribution in [1.29, 1.82) is 0 Å². The van der Waals surface area contributed by atoms with Crippen LogP contribution in [0.5, 0.6) is 0 Å². The summed E-state index contributed by atoms with van der Waals surface area (Å²) in [6.45, 7) is -0.0239. The van der Waals surface area contributed by atoms with Crippen LogP contribution in [0.3, 0.4) is 0 Å². The fourth-order valence-corrected chi connectivity index (χ4v) is 2.74. The average Bonchev–Trinajstić information content (AvgIpc) is 2.71. The molecule has 7 heteroatoms. The molecule has 3 N–H and O–H groups in total. The molecule has 28 heavy (non-hydrogen) atoms. The van der Waals surface area contributed by atoms with Crippen LogP contribution in [0.2, 0.25) is 0 Å². The molecule has 0 radical (unpaired) electrons. The number of benzene rings is 3. The first-order valence-electron chi connectivity index (χ1n) is 8.34. The minimum atomic E-state index is -0.710. The molecule has 0 aromatic heterocycles. The summed E-state index contributed by atoms with van der Waals surface area (Å²) in [5, 5.41) is 11.4. The van der Waals surface area contributed by atoms with Crippen molar-refractivity contribution in [3.63, 3.8) is 0 Å². The van der Waals surface area contributed by atoms with Crippen LogP contribution in [0.15, 0.2) is 66.7 Å². The first kappa shape index (κ1) is 19.2. The maximum atomic E-state index is 13.2. The first-order chi connectivity index (χ1) is 13.5. The number of carbonyl (C=O) groups is 2. The van der Waals surface area contributed by atoms with E-state index in [9.17, 15) is 18.4 Å². The first-order valence-corrected chi connectivity index (χ1v) is 8.34. The lowest BCUT2D eigenvalue weighted by Crippen LogP contribution is -2.22. The van der Waals surface area contributed by atoms with E-state index in [1.165, 1.54) is 0 Å². The molecule has 142 valence electrons. The zero-order valence-electron chi connectivity index (χ0n) is 14.6. The Morgan fingerprint density at radius 1 is 0.786 bits per heavy atom. The van der Waals surface area contributed by atoms with Gasteiger partial charge < -0.3 is 5.32 Å². The van der Waals surface area contributed by atoms with Gasteiger partial charge in [-0.3, -0.25) is 14.8 Å². The van der Waals surface area contributed by atoms with E-state index in [-0.39, 0.29) is 12.1 Å². The molecule has 0 saturated heterocycles. The predicted octanol–water partition coefficient (Wildman–Crippen LogP) is 3.68. The number of carbonyl (C=O) groups excluding carboxylic acids is 2. The van der Waals surface area contributed by atoms with Gasteiger partial charge in [-0.1, -0.05) is 24.3 Å². The SMILES string of the molecule is O=C(NO)c1cccc(-c2cccc(C(=O)NCc3cc(F)cc(F)c3)c2)c1. The van der Waals surface area contributed by atoms with Gasteiger partial charge >= 0.3 is 0 Å². The highest BCUT2D eigenvalue weighted by atomic mass is 19.1. The van der Waals surface area contributed by atoms with Gasteiger partial charge in [-0.2, -0.15) is 0 Å². The molecule has 3 aromatic rings. The molecular weight excluding hydrogens is 366 g/mol. The molecular formula is C21H16F2N2O3. The van der Waals surface area contributed by atoms with Crippen LogP contribution in [0, 0.1) is 11.6 Å². The van der Waals surface area contributed by atoms with E-state index in [0.29, 0.717) is 22.3 Å². The van der Waals surface area contributed by atoms with Crippen molar-refractivity contribution in [2.24, 2.45) is 0 Å². The fraction of sp³-hybridized carbons (Fsp3) is 0.0476. The van der Waals surface area contributed by atoms with Crippen molar-refractivity contribution in [3.05, 3.63) is 95.1 Å². The Balaban J connectivity index is 1.77. The number of hydrogen-bond donors (Lipinski definition) is 3. The van der Waals surface area contributed by atoms with Gasteiger partial charge in [0.1, 0.15) is 11.6 Å². The summed E-state index contributed by atoms with van der Waals surface area (Å²) < 4.78 is 26.5. The maximum Gasteiger partial charge on any atom is 0.274 e. The molecule has 0 aliphatic heterocycles. The van der Waals surface area contributed by atoms with E-state index in [1.54, 1.807) is 54.0 Å². The van der Waals surface area contributed by atoms with Gasteiger partial charge in [0.15, 0.2) is 0 Å². The summed E-state index contributed by atoms with van der Waals surface area (Å²) in [4.78, 5) is 24.0. The van der Waals surface area contributed by atoms with Gasteiger partial charge in [-0.05, 0) is 53.1 Å². The third-order valence-electron chi connectivity index (χ3n) is 4.06. The summed E-state index contributed by atoms with van der Waals surface area (Å²) in [5.74, 6) is -2.47. The molecule has 0 aliphatic carbocycles. The predicted molar refractivity (Wildman–Crippen MR) is 98.7 cm³/mol. The molecule has 0 saturated carbocycles. The van der Waals surface area contributed by atoms with E-state index in [1.807, 2.05) is 0 Å². The number of hydroxylamine groups is 1. The van der Waals surface area contributed by atoms with Crippen molar-refractivity contribution in [3.8, 4) is 11.1 Å². The van der Waals surface area contributed by atoms with E-state index in [4.69, 9.17) is 5.21 Å².